The molecule has 0 aliphatic rings. The van der Waals surface area contributed by atoms with Gasteiger partial charge in [0.2, 0.25) is 0 Å². The van der Waals surface area contributed by atoms with Crippen molar-refractivity contribution in [1.82, 2.24) is 24.4 Å². The number of anilines is 1. The van der Waals surface area contributed by atoms with Gasteiger partial charge in [-0.25, -0.2) is 18.6 Å². The van der Waals surface area contributed by atoms with Crippen molar-refractivity contribution in [1.29, 1.82) is 0 Å². The first kappa shape index (κ1) is 15.9. The lowest BCUT2D eigenvalue weighted by Gasteiger charge is -2.04. The van der Waals surface area contributed by atoms with Gasteiger partial charge in [-0.05, 0) is 38.1 Å². The van der Waals surface area contributed by atoms with Crippen LogP contribution >= 0.6 is 0 Å². The number of carbonyl (C=O) groups is 1. The van der Waals surface area contributed by atoms with Gasteiger partial charge in [0.05, 0.1) is 11.9 Å². The van der Waals surface area contributed by atoms with E-state index in [2.05, 4.69) is 20.5 Å². The molecular formula is C18H15FN6O. The third-order valence-electron chi connectivity index (χ3n) is 3.93. The highest BCUT2D eigenvalue weighted by Crippen LogP contribution is 2.17. The number of aryl methyl sites for hydroxylation is 2. The van der Waals surface area contributed by atoms with Crippen molar-refractivity contribution in [2.75, 3.05) is 5.32 Å². The molecule has 0 aliphatic heterocycles. The molecule has 1 N–H and O–H groups in total. The predicted molar refractivity (Wildman–Crippen MR) is 93.9 cm³/mol. The van der Waals surface area contributed by atoms with Crippen LogP contribution in [0.15, 0.2) is 48.8 Å². The molecule has 8 heteroatoms. The normalized spacial score (nSPS) is 11.0. The molecule has 1 amide bonds. The Labute approximate surface area is 148 Å². The standard InChI is InChI=1S/C18H15FN6O/c1-11-6-7-24-17(21-11)15(10-20-24)18(26)22-16-8-12(2)25(23-16)14-5-3-4-13(19)9-14/h3-10H,1-2H3,(H,22,23,26). The Morgan fingerprint density at radius 2 is 2.04 bits per heavy atom. The maximum absolute atomic E-state index is 13.4. The number of amides is 1. The van der Waals surface area contributed by atoms with E-state index in [4.69, 9.17) is 0 Å². The van der Waals surface area contributed by atoms with Gasteiger partial charge in [-0.3, -0.25) is 4.79 Å². The fourth-order valence-electron chi connectivity index (χ4n) is 2.71. The summed E-state index contributed by atoms with van der Waals surface area (Å²) in [5, 5.41) is 11.2. The van der Waals surface area contributed by atoms with Crippen LogP contribution in [-0.4, -0.2) is 30.3 Å². The second kappa shape index (κ2) is 6.07. The molecule has 0 atom stereocenters. The zero-order chi connectivity index (χ0) is 18.3. The van der Waals surface area contributed by atoms with Crippen LogP contribution in [0.5, 0.6) is 0 Å². The third-order valence-corrected chi connectivity index (χ3v) is 3.93. The van der Waals surface area contributed by atoms with Crippen LogP contribution in [0.2, 0.25) is 0 Å². The number of nitrogens with zero attached hydrogens (tertiary/aromatic N) is 5. The second-order valence-electron chi connectivity index (χ2n) is 5.91. The van der Waals surface area contributed by atoms with E-state index in [0.717, 1.165) is 11.4 Å². The lowest BCUT2D eigenvalue weighted by molar-refractivity contribution is 0.102. The Bertz CT molecular complexity index is 1130. The summed E-state index contributed by atoms with van der Waals surface area (Å²) in [6, 6.07) is 9.62. The summed E-state index contributed by atoms with van der Waals surface area (Å²) in [7, 11) is 0. The van der Waals surface area contributed by atoms with Gasteiger partial charge >= 0.3 is 0 Å². The molecular weight excluding hydrogens is 335 g/mol. The average molecular weight is 350 g/mol. The summed E-state index contributed by atoms with van der Waals surface area (Å²) >= 11 is 0. The zero-order valence-electron chi connectivity index (χ0n) is 14.1. The molecule has 0 fully saturated rings. The monoisotopic (exact) mass is 350 g/mol. The van der Waals surface area contributed by atoms with E-state index in [1.54, 1.807) is 33.6 Å². The van der Waals surface area contributed by atoms with Gasteiger partial charge in [0.1, 0.15) is 11.4 Å². The van der Waals surface area contributed by atoms with Gasteiger partial charge in [-0.15, -0.1) is 5.10 Å². The molecule has 3 heterocycles. The number of hydrogen-bond acceptors (Lipinski definition) is 4. The van der Waals surface area contributed by atoms with E-state index in [1.165, 1.54) is 18.3 Å². The second-order valence-corrected chi connectivity index (χ2v) is 5.91. The largest absolute Gasteiger partial charge is 0.305 e. The molecule has 0 saturated carbocycles. The molecule has 0 radical (unpaired) electrons. The molecule has 7 nitrogen and oxygen atoms in total. The molecule has 4 rings (SSSR count). The fraction of sp³-hybridized carbons (Fsp3) is 0.111. The number of benzene rings is 1. The maximum atomic E-state index is 13.4. The Hall–Kier alpha value is -3.55. The van der Waals surface area contributed by atoms with Crippen LogP contribution in [0.3, 0.4) is 0 Å². The molecule has 0 saturated heterocycles. The van der Waals surface area contributed by atoms with Crippen LogP contribution in [0.4, 0.5) is 10.2 Å². The number of hydrogen-bond donors (Lipinski definition) is 1. The minimum Gasteiger partial charge on any atom is -0.305 e. The molecule has 0 bridgehead atoms. The predicted octanol–water partition coefficient (Wildman–Crippen LogP) is 2.92. The highest BCUT2D eigenvalue weighted by Gasteiger charge is 2.16. The third kappa shape index (κ3) is 2.81. The van der Waals surface area contributed by atoms with Gasteiger partial charge in [0.15, 0.2) is 11.5 Å². The Kier molecular flexibility index (Phi) is 3.72. The first-order valence-electron chi connectivity index (χ1n) is 7.96. The minimum absolute atomic E-state index is 0.351. The lowest BCUT2D eigenvalue weighted by Crippen LogP contribution is -2.13. The van der Waals surface area contributed by atoms with Crippen LogP contribution in [0, 0.1) is 19.7 Å². The summed E-state index contributed by atoms with van der Waals surface area (Å²) in [4.78, 5) is 16.9. The van der Waals surface area contributed by atoms with E-state index in [9.17, 15) is 9.18 Å². The maximum Gasteiger partial charge on any atom is 0.262 e. The molecule has 0 spiro atoms. The van der Waals surface area contributed by atoms with E-state index in [-0.39, 0.29) is 11.7 Å². The number of rotatable bonds is 3. The molecule has 0 aliphatic carbocycles. The van der Waals surface area contributed by atoms with E-state index >= 15 is 0 Å². The van der Waals surface area contributed by atoms with Crippen LogP contribution < -0.4 is 5.32 Å². The van der Waals surface area contributed by atoms with Gasteiger partial charge < -0.3 is 5.32 Å². The SMILES string of the molecule is Cc1ccn2ncc(C(=O)Nc3cc(C)n(-c4cccc(F)c4)n3)c2n1. The van der Waals surface area contributed by atoms with Crippen molar-refractivity contribution in [3.63, 3.8) is 0 Å². The average Bonchev–Trinajstić information content (AvgIpc) is 3.17. The summed E-state index contributed by atoms with van der Waals surface area (Å²) < 4.78 is 16.5. The van der Waals surface area contributed by atoms with Crippen molar-refractivity contribution in [2.45, 2.75) is 13.8 Å². The van der Waals surface area contributed by atoms with Crippen molar-refractivity contribution in [3.8, 4) is 5.69 Å². The van der Waals surface area contributed by atoms with Gasteiger partial charge in [0, 0.05) is 23.7 Å². The summed E-state index contributed by atoms with van der Waals surface area (Å²) in [5.74, 6) is -0.346. The zero-order valence-corrected chi connectivity index (χ0v) is 14.1. The smallest absolute Gasteiger partial charge is 0.262 e. The van der Waals surface area contributed by atoms with Gasteiger partial charge in [-0.2, -0.15) is 5.10 Å². The van der Waals surface area contributed by atoms with Crippen LogP contribution in [-0.2, 0) is 0 Å². The molecule has 0 unspecified atom stereocenters. The molecule has 26 heavy (non-hydrogen) atoms. The van der Waals surface area contributed by atoms with E-state index in [0.29, 0.717) is 22.7 Å². The van der Waals surface area contributed by atoms with Gasteiger partial charge in [-0.1, -0.05) is 6.07 Å². The van der Waals surface area contributed by atoms with E-state index < -0.39 is 0 Å². The number of carbonyl (C=O) groups excluding carboxylic acids is 1. The number of fused-ring (bicyclic) bond motifs is 1. The molecule has 4 aromatic rings. The number of aromatic nitrogens is 5. The minimum atomic E-state index is -0.359. The quantitative estimate of drug-likeness (QED) is 0.616. The molecule has 130 valence electrons. The fourth-order valence-corrected chi connectivity index (χ4v) is 2.71. The summed E-state index contributed by atoms with van der Waals surface area (Å²) in [6.45, 7) is 3.67. The highest BCUT2D eigenvalue weighted by atomic mass is 19.1. The van der Waals surface area contributed by atoms with Crippen LogP contribution in [0.25, 0.3) is 11.3 Å². The van der Waals surface area contributed by atoms with Gasteiger partial charge in [0.25, 0.3) is 5.91 Å². The van der Waals surface area contributed by atoms with Crippen LogP contribution in [0.1, 0.15) is 21.7 Å². The Morgan fingerprint density at radius 1 is 1.19 bits per heavy atom. The highest BCUT2D eigenvalue weighted by molar-refractivity contribution is 6.07. The summed E-state index contributed by atoms with van der Waals surface area (Å²) in [6.07, 6.45) is 3.21. The number of nitrogens with one attached hydrogen (secondary N) is 1. The van der Waals surface area contributed by atoms with Crippen molar-refractivity contribution in [3.05, 3.63) is 71.6 Å². The summed E-state index contributed by atoms with van der Waals surface area (Å²) in [5.41, 5.74) is 2.96. The van der Waals surface area contributed by atoms with Crippen molar-refractivity contribution >= 4 is 17.4 Å². The Morgan fingerprint density at radius 3 is 2.85 bits per heavy atom. The lowest BCUT2D eigenvalue weighted by atomic mass is 10.3. The first-order valence-corrected chi connectivity index (χ1v) is 7.96. The first-order chi connectivity index (χ1) is 12.5. The van der Waals surface area contributed by atoms with Crippen molar-refractivity contribution in [2.24, 2.45) is 0 Å². The Balaban J connectivity index is 1.64. The topological polar surface area (TPSA) is 77.1 Å². The molecule has 3 aromatic heterocycles. The number of halogens is 1. The van der Waals surface area contributed by atoms with E-state index in [1.807, 2.05) is 19.9 Å². The molecule has 1 aromatic carbocycles. The van der Waals surface area contributed by atoms with Crippen molar-refractivity contribution < 1.29 is 9.18 Å².